The number of ether oxygens (including phenoxy) is 1. The standard InChI is InChI=1S/C22H24N2O7S2/c1-31-18-10-12-19(13-11-18)33(29,30)24-15-6-5-9-20(21(24)22(25)26)23-32(27,28)16-14-17-7-3-2-4-8-17/h2-8,10-14,16,20-21,23H,9,15H2,1H3,(H,25,26). The minimum Gasteiger partial charge on any atom is -0.497 e. The van der Waals surface area contributed by atoms with Crippen LogP contribution < -0.4 is 9.46 Å². The first-order valence-corrected chi connectivity index (χ1v) is 12.9. The molecule has 1 aliphatic rings. The second kappa shape index (κ2) is 10.3. The van der Waals surface area contributed by atoms with Crippen molar-refractivity contribution in [3.63, 3.8) is 0 Å². The molecule has 11 heteroatoms. The number of aliphatic carboxylic acids is 1. The van der Waals surface area contributed by atoms with Gasteiger partial charge in [-0.3, -0.25) is 4.79 Å². The third-order valence-corrected chi connectivity index (χ3v) is 7.99. The van der Waals surface area contributed by atoms with Gasteiger partial charge in [0.25, 0.3) is 0 Å². The molecule has 0 saturated heterocycles. The zero-order valence-corrected chi connectivity index (χ0v) is 19.4. The molecule has 2 atom stereocenters. The van der Waals surface area contributed by atoms with Gasteiger partial charge in [0.2, 0.25) is 20.0 Å². The van der Waals surface area contributed by atoms with Crippen LogP contribution in [0.4, 0.5) is 0 Å². The molecular formula is C22H24N2O7S2. The Bertz CT molecular complexity index is 1240. The summed E-state index contributed by atoms with van der Waals surface area (Å²) in [5, 5.41) is 10.8. The van der Waals surface area contributed by atoms with Gasteiger partial charge < -0.3 is 9.84 Å². The maximum absolute atomic E-state index is 13.3. The third-order valence-electron chi connectivity index (χ3n) is 5.01. The molecule has 2 unspecified atom stereocenters. The number of nitrogens with one attached hydrogen (secondary N) is 1. The van der Waals surface area contributed by atoms with Crippen LogP contribution in [-0.4, -0.2) is 58.0 Å². The van der Waals surface area contributed by atoms with Gasteiger partial charge in [-0.05, 0) is 42.3 Å². The largest absolute Gasteiger partial charge is 0.497 e. The quantitative estimate of drug-likeness (QED) is 0.540. The Kier molecular flexibility index (Phi) is 7.69. The summed E-state index contributed by atoms with van der Waals surface area (Å²) in [7, 11) is -6.89. The molecule has 3 rings (SSSR count). The molecule has 0 fully saturated rings. The molecule has 0 saturated carbocycles. The topological polar surface area (TPSA) is 130 Å². The van der Waals surface area contributed by atoms with Crippen LogP contribution in [0.5, 0.6) is 5.75 Å². The molecular weight excluding hydrogens is 468 g/mol. The highest BCUT2D eigenvalue weighted by Crippen LogP contribution is 2.25. The second-order valence-corrected chi connectivity index (χ2v) is 10.7. The van der Waals surface area contributed by atoms with Crippen molar-refractivity contribution in [2.45, 2.75) is 23.4 Å². The van der Waals surface area contributed by atoms with Gasteiger partial charge in [0.05, 0.1) is 18.0 Å². The lowest BCUT2D eigenvalue weighted by Crippen LogP contribution is -2.56. The van der Waals surface area contributed by atoms with Gasteiger partial charge in [-0.15, -0.1) is 0 Å². The summed E-state index contributed by atoms with van der Waals surface area (Å²) in [6, 6.07) is 11.3. The van der Waals surface area contributed by atoms with Gasteiger partial charge in [-0.2, -0.15) is 4.31 Å². The molecule has 0 radical (unpaired) electrons. The van der Waals surface area contributed by atoms with Gasteiger partial charge in [0.15, 0.2) is 0 Å². The van der Waals surface area contributed by atoms with Crippen molar-refractivity contribution in [1.82, 2.24) is 9.03 Å². The highest BCUT2D eigenvalue weighted by molar-refractivity contribution is 7.92. The predicted octanol–water partition coefficient (Wildman–Crippen LogP) is 2.06. The van der Waals surface area contributed by atoms with Crippen molar-refractivity contribution in [3.05, 3.63) is 77.7 Å². The smallest absolute Gasteiger partial charge is 0.323 e. The molecule has 0 bridgehead atoms. The fourth-order valence-electron chi connectivity index (χ4n) is 3.39. The molecule has 2 N–H and O–H groups in total. The van der Waals surface area contributed by atoms with Crippen molar-refractivity contribution >= 4 is 32.1 Å². The van der Waals surface area contributed by atoms with E-state index in [1.54, 1.807) is 36.4 Å². The Morgan fingerprint density at radius 2 is 1.73 bits per heavy atom. The van der Waals surface area contributed by atoms with Crippen molar-refractivity contribution in [1.29, 1.82) is 0 Å². The van der Waals surface area contributed by atoms with E-state index in [-0.39, 0.29) is 17.9 Å². The lowest BCUT2D eigenvalue weighted by atomic mass is 10.1. The summed E-state index contributed by atoms with van der Waals surface area (Å²) >= 11 is 0. The number of carboxylic acid groups (broad SMARTS) is 1. The van der Waals surface area contributed by atoms with E-state index in [9.17, 15) is 26.7 Å². The summed E-state index contributed by atoms with van der Waals surface area (Å²) in [6.07, 6.45) is 4.44. The summed E-state index contributed by atoms with van der Waals surface area (Å²) in [4.78, 5) is 12.0. The lowest BCUT2D eigenvalue weighted by molar-refractivity contribution is -0.142. The highest BCUT2D eigenvalue weighted by Gasteiger charge is 2.42. The lowest BCUT2D eigenvalue weighted by Gasteiger charge is -2.31. The van der Waals surface area contributed by atoms with Crippen LogP contribution in [0.3, 0.4) is 0 Å². The van der Waals surface area contributed by atoms with Crippen molar-refractivity contribution in [2.75, 3.05) is 13.7 Å². The molecule has 2 aromatic carbocycles. The van der Waals surface area contributed by atoms with E-state index in [4.69, 9.17) is 4.74 Å². The van der Waals surface area contributed by atoms with Gasteiger partial charge >= 0.3 is 5.97 Å². The number of methoxy groups -OCH3 is 1. The predicted molar refractivity (Wildman–Crippen MR) is 123 cm³/mol. The summed E-state index contributed by atoms with van der Waals surface area (Å²) < 4.78 is 60.0. The van der Waals surface area contributed by atoms with E-state index in [1.807, 2.05) is 0 Å². The van der Waals surface area contributed by atoms with E-state index in [2.05, 4.69) is 4.72 Å². The molecule has 0 aromatic heterocycles. The Morgan fingerprint density at radius 1 is 1.06 bits per heavy atom. The van der Waals surface area contributed by atoms with E-state index in [1.165, 1.54) is 43.5 Å². The molecule has 0 aliphatic carbocycles. The van der Waals surface area contributed by atoms with Gasteiger partial charge in [-0.1, -0.05) is 42.5 Å². The molecule has 33 heavy (non-hydrogen) atoms. The third kappa shape index (κ3) is 6.08. The number of nitrogens with zero attached hydrogens (tertiary/aromatic N) is 1. The maximum Gasteiger partial charge on any atom is 0.323 e. The number of hydrogen-bond acceptors (Lipinski definition) is 6. The Morgan fingerprint density at radius 3 is 2.33 bits per heavy atom. The van der Waals surface area contributed by atoms with E-state index >= 15 is 0 Å². The van der Waals surface area contributed by atoms with Crippen molar-refractivity contribution < 1.29 is 31.5 Å². The highest BCUT2D eigenvalue weighted by atomic mass is 32.2. The fraction of sp³-hybridized carbons (Fsp3) is 0.227. The zero-order chi connectivity index (χ0) is 24.1. The number of sulfonamides is 2. The normalized spacial score (nSPS) is 19.9. The Labute approximate surface area is 193 Å². The van der Waals surface area contributed by atoms with Crippen LogP contribution in [0.2, 0.25) is 0 Å². The first-order valence-electron chi connectivity index (χ1n) is 9.93. The average molecular weight is 493 g/mol. The molecule has 2 aromatic rings. The number of carboxylic acids is 1. The summed E-state index contributed by atoms with van der Waals surface area (Å²) in [6.45, 7) is -0.219. The van der Waals surface area contributed by atoms with Crippen LogP contribution in [-0.2, 0) is 24.8 Å². The molecule has 9 nitrogen and oxygen atoms in total. The van der Waals surface area contributed by atoms with Crippen LogP contribution in [0.1, 0.15) is 12.0 Å². The van der Waals surface area contributed by atoms with Crippen LogP contribution >= 0.6 is 0 Å². The minimum absolute atomic E-state index is 0.00397. The minimum atomic E-state index is -4.26. The monoisotopic (exact) mass is 492 g/mol. The molecule has 1 heterocycles. The summed E-state index contributed by atoms with van der Waals surface area (Å²) in [5.74, 6) is -1.02. The first kappa shape index (κ1) is 24.6. The SMILES string of the molecule is COc1ccc(S(=O)(=O)N2CC=CCC(NS(=O)(=O)C=Cc3ccccc3)C2C(=O)O)cc1. The second-order valence-electron chi connectivity index (χ2n) is 7.22. The summed E-state index contributed by atoms with van der Waals surface area (Å²) in [5.41, 5.74) is 0.641. The van der Waals surface area contributed by atoms with Crippen molar-refractivity contribution in [3.8, 4) is 5.75 Å². The number of benzene rings is 2. The molecule has 0 spiro atoms. The van der Waals surface area contributed by atoms with Crippen LogP contribution in [0.15, 0.2) is 77.1 Å². The number of hydrogen-bond donors (Lipinski definition) is 2. The van der Waals surface area contributed by atoms with E-state index in [0.29, 0.717) is 11.3 Å². The molecule has 0 amide bonds. The Hall–Kier alpha value is -2.99. The fourth-order valence-corrected chi connectivity index (χ4v) is 6.02. The zero-order valence-electron chi connectivity index (χ0n) is 17.7. The first-order chi connectivity index (χ1) is 15.6. The molecule has 176 valence electrons. The van der Waals surface area contributed by atoms with Crippen LogP contribution in [0, 0.1) is 0 Å². The average Bonchev–Trinajstić information content (AvgIpc) is 3.01. The van der Waals surface area contributed by atoms with Gasteiger partial charge in [0, 0.05) is 12.0 Å². The van der Waals surface area contributed by atoms with E-state index < -0.39 is 38.1 Å². The Balaban J connectivity index is 1.91. The van der Waals surface area contributed by atoms with Crippen molar-refractivity contribution in [2.24, 2.45) is 0 Å². The molecule has 1 aliphatic heterocycles. The van der Waals surface area contributed by atoms with Gasteiger partial charge in [-0.25, -0.2) is 21.6 Å². The number of carbonyl (C=O) groups is 1. The van der Waals surface area contributed by atoms with E-state index in [0.717, 1.165) is 9.71 Å². The van der Waals surface area contributed by atoms with Crippen LogP contribution in [0.25, 0.3) is 6.08 Å². The number of rotatable bonds is 8. The maximum atomic E-state index is 13.3. The van der Waals surface area contributed by atoms with Gasteiger partial charge in [0.1, 0.15) is 11.8 Å².